The Labute approximate surface area is 254 Å². The number of sulfone groups is 1. The number of hydrogen-bond acceptors (Lipinski definition) is 10. The second-order valence-electron chi connectivity index (χ2n) is 14.2. The van der Waals surface area contributed by atoms with Crippen molar-refractivity contribution in [2.75, 3.05) is 5.75 Å². The van der Waals surface area contributed by atoms with Gasteiger partial charge in [0.2, 0.25) is 5.95 Å². The van der Waals surface area contributed by atoms with Gasteiger partial charge in [0.05, 0.1) is 17.0 Å². The van der Waals surface area contributed by atoms with E-state index in [9.17, 15) is 18.0 Å². The van der Waals surface area contributed by atoms with Crippen molar-refractivity contribution in [1.82, 2.24) is 9.88 Å². The number of terminal acetylenes is 1. The minimum Gasteiger partial charge on any atom is -0.443 e. The van der Waals surface area contributed by atoms with Gasteiger partial charge in [-0.2, -0.15) is 9.29 Å². The molecule has 0 spiro atoms. The van der Waals surface area contributed by atoms with E-state index >= 15 is 4.39 Å². The summed E-state index contributed by atoms with van der Waals surface area (Å²) in [6.45, 7) is 19.3. The van der Waals surface area contributed by atoms with Crippen molar-refractivity contribution in [1.29, 1.82) is 0 Å². The molecule has 1 saturated heterocycles. The second kappa shape index (κ2) is 10.6. The lowest BCUT2D eigenvalue weighted by atomic mass is 9.78. The van der Waals surface area contributed by atoms with Crippen molar-refractivity contribution in [2.24, 2.45) is 4.99 Å². The Balaban J connectivity index is 2.31. The molecule has 0 saturated carbocycles. The number of aliphatic imine (C=N–C) groups is 1. The van der Waals surface area contributed by atoms with Gasteiger partial charge in [-0.25, -0.2) is 28.0 Å². The molecule has 3 rings (SSSR count). The lowest BCUT2D eigenvalue weighted by molar-refractivity contribution is 0.00578. The van der Waals surface area contributed by atoms with E-state index < -0.39 is 79.4 Å². The molecule has 1 aromatic rings. The SMILES string of the molecule is C#C[C@@]1(c2cc(B3OC(C)(C)C(C)(C)O3)cnc2F)CS(=O)(=O)C(C)(C)C(N(C(=O)OC(C)(C)C)C(=O)OC(C)(C)C)=N1. The van der Waals surface area contributed by atoms with Gasteiger partial charge < -0.3 is 18.8 Å². The van der Waals surface area contributed by atoms with Crippen LogP contribution in [0.1, 0.15) is 88.6 Å². The molecule has 2 aliphatic heterocycles. The number of carbonyl (C=O) groups is 2. The van der Waals surface area contributed by atoms with Crippen LogP contribution in [-0.4, -0.2) is 76.3 Å². The van der Waals surface area contributed by atoms with Crippen LogP contribution in [0.3, 0.4) is 0 Å². The van der Waals surface area contributed by atoms with E-state index in [0.717, 1.165) is 0 Å². The Morgan fingerprint density at radius 3 is 1.88 bits per heavy atom. The zero-order chi connectivity index (χ0) is 33.2. The molecule has 1 aromatic heterocycles. The van der Waals surface area contributed by atoms with Crippen molar-refractivity contribution in [3.63, 3.8) is 0 Å². The molecule has 0 aromatic carbocycles. The number of ether oxygens (including phenoxy) is 2. The minimum atomic E-state index is -4.35. The Bertz CT molecular complexity index is 1460. The molecular formula is C29H41BFN3O8S. The van der Waals surface area contributed by atoms with Crippen LogP contribution in [-0.2, 0) is 34.2 Å². The average molecular weight is 622 g/mol. The molecule has 1 fully saturated rings. The van der Waals surface area contributed by atoms with Gasteiger partial charge in [0, 0.05) is 17.2 Å². The van der Waals surface area contributed by atoms with Crippen molar-refractivity contribution in [2.45, 2.75) is 116 Å². The fourth-order valence-electron chi connectivity index (χ4n) is 4.28. The molecule has 0 unspecified atom stereocenters. The zero-order valence-electron chi connectivity index (χ0n) is 26.9. The van der Waals surface area contributed by atoms with Gasteiger partial charge in [0.1, 0.15) is 21.8 Å². The molecule has 14 heteroatoms. The maximum Gasteiger partial charge on any atom is 0.496 e. The van der Waals surface area contributed by atoms with Crippen LogP contribution in [0, 0.1) is 18.3 Å². The fourth-order valence-corrected chi connectivity index (χ4v) is 5.91. The van der Waals surface area contributed by atoms with Gasteiger partial charge in [-0.05, 0) is 89.2 Å². The summed E-state index contributed by atoms with van der Waals surface area (Å²) in [5.41, 5.74) is -6.02. The van der Waals surface area contributed by atoms with E-state index in [1.165, 1.54) is 26.1 Å². The number of nitrogens with zero attached hydrogens (tertiary/aromatic N) is 3. The number of halogens is 1. The normalized spacial score (nSPS) is 24.0. The molecule has 0 bridgehead atoms. The van der Waals surface area contributed by atoms with Gasteiger partial charge in [-0.1, -0.05) is 5.92 Å². The standard InChI is InChI=1S/C29H41BFN3O8S/c1-14-29(19-15-18(16-32-20(19)31)30-41-27(10,11)28(12,13)42-30)17-43(37,38)26(8,9)21(33-29)34(22(35)39-24(2,3)4)23(36)40-25(5,6)7/h1,15-16H,17H2,2-13H3/t29-/m0/s1. The second-order valence-corrected chi connectivity index (χ2v) is 16.7. The highest BCUT2D eigenvalue weighted by molar-refractivity contribution is 7.93. The Hall–Kier alpha value is -3.02. The van der Waals surface area contributed by atoms with Gasteiger partial charge in [0.15, 0.2) is 15.4 Å². The van der Waals surface area contributed by atoms with Gasteiger partial charge in [-0.15, -0.1) is 6.42 Å². The number of aromatic nitrogens is 1. The average Bonchev–Trinajstić information content (AvgIpc) is 3.01. The first-order chi connectivity index (χ1) is 19.2. The van der Waals surface area contributed by atoms with E-state index in [1.54, 1.807) is 41.5 Å². The molecule has 43 heavy (non-hydrogen) atoms. The number of carbonyl (C=O) groups excluding carboxylic acids is 2. The Morgan fingerprint density at radius 1 is 1.00 bits per heavy atom. The molecule has 0 N–H and O–H groups in total. The number of pyridine rings is 1. The lowest BCUT2D eigenvalue weighted by Crippen LogP contribution is -2.61. The third-order valence-corrected chi connectivity index (χ3v) is 9.98. The van der Waals surface area contributed by atoms with Crippen LogP contribution in [0.2, 0.25) is 0 Å². The lowest BCUT2D eigenvalue weighted by Gasteiger charge is -2.41. The summed E-state index contributed by atoms with van der Waals surface area (Å²) in [7, 11) is -5.33. The van der Waals surface area contributed by atoms with Crippen molar-refractivity contribution < 1.29 is 41.2 Å². The maximum absolute atomic E-state index is 15.6. The summed E-state index contributed by atoms with van der Waals surface area (Å²) in [6.07, 6.45) is 4.63. The molecule has 3 heterocycles. The third kappa shape index (κ3) is 6.59. The van der Waals surface area contributed by atoms with E-state index in [1.807, 2.05) is 27.7 Å². The summed E-state index contributed by atoms with van der Waals surface area (Å²) in [4.78, 5) is 35.7. The number of rotatable bonds is 2. The zero-order valence-corrected chi connectivity index (χ0v) is 27.7. The molecule has 0 radical (unpaired) electrons. The van der Waals surface area contributed by atoms with Crippen LogP contribution >= 0.6 is 0 Å². The largest absolute Gasteiger partial charge is 0.496 e. The molecule has 1 atom stereocenters. The third-order valence-electron chi connectivity index (χ3n) is 7.45. The number of amides is 2. The Kier molecular flexibility index (Phi) is 8.47. The molecular weight excluding hydrogens is 580 g/mol. The van der Waals surface area contributed by atoms with Gasteiger partial charge in [0.25, 0.3) is 0 Å². The summed E-state index contributed by atoms with van der Waals surface area (Å²) in [5, 5.41) is 0. The van der Waals surface area contributed by atoms with E-state index in [0.29, 0.717) is 4.90 Å². The first-order valence-corrected chi connectivity index (χ1v) is 15.4. The van der Waals surface area contributed by atoms with E-state index in [4.69, 9.17) is 25.2 Å². The number of hydrogen-bond donors (Lipinski definition) is 0. The highest BCUT2D eigenvalue weighted by atomic mass is 32.2. The monoisotopic (exact) mass is 621 g/mol. The van der Waals surface area contributed by atoms with Crippen molar-refractivity contribution in [3.8, 4) is 12.3 Å². The van der Waals surface area contributed by atoms with Crippen LogP contribution in [0.15, 0.2) is 17.3 Å². The van der Waals surface area contributed by atoms with Gasteiger partial charge in [-0.3, -0.25) is 0 Å². The van der Waals surface area contributed by atoms with Crippen LogP contribution in [0.5, 0.6) is 0 Å². The highest BCUT2D eigenvalue weighted by Gasteiger charge is 2.57. The topological polar surface area (TPSA) is 134 Å². The van der Waals surface area contributed by atoms with Gasteiger partial charge >= 0.3 is 19.3 Å². The summed E-state index contributed by atoms with van der Waals surface area (Å²) in [6, 6.07) is 1.28. The van der Waals surface area contributed by atoms with Crippen molar-refractivity contribution >= 4 is 40.4 Å². The van der Waals surface area contributed by atoms with Crippen molar-refractivity contribution in [3.05, 3.63) is 23.8 Å². The fraction of sp³-hybridized carbons (Fsp3) is 0.655. The first kappa shape index (κ1) is 34.5. The highest BCUT2D eigenvalue weighted by Crippen LogP contribution is 2.41. The molecule has 11 nitrogen and oxygen atoms in total. The molecule has 2 aliphatic rings. The molecule has 236 valence electrons. The minimum absolute atomic E-state index is 0.264. The van der Waals surface area contributed by atoms with Crippen LogP contribution < -0.4 is 5.46 Å². The van der Waals surface area contributed by atoms with E-state index in [-0.39, 0.29) is 11.0 Å². The molecule has 0 aliphatic carbocycles. The number of imide groups is 1. The van der Waals surface area contributed by atoms with E-state index in [2.05, 4.69) is 15.9 Å². The quantitative estimate of drug-likeness (QED) is 0.272. The summed E-state index contributed by atoms with van der Waals surface area (Å²) in [5.74, 6) is -0.230. The smallest absolute Gasteiger partial charge is 0.443 e. The number of amidine groups is 1. The Morgan fingerprint density at radius 2 is 1.47 bits per heavy atom. The first-order valence-electron chi connectivity index (χ1n) is 13.8. The summed E-state index contributed by atoms with van der Waals surface area (Å²) >= 11 is 0. The maximum atomic E-state index is 15.6. The molecule has 2 amide bonds. The van der Waals surface area contributed by atoms with Crippen LogP contribution in [0.25, 0.3) is 0 Å². The summed E-state index contributed by atoms with van der Waals surface area (Å²) < 4.78 is 64.4. The predicted octanol–water partition coefficient (Wildman–Crippen LogP) is 4.13. The van der Waals surface area contributed by atoms with Crippen LogP contribution in [0.4, 0.5) is 14.0 Å². The predicted molar refractivity (Wildman–Crippen MR) is 160 cm³/mol.